The normalized spacial score (nSPS) is 17.3. The van der Waals surface area contributed by atoms with Crippen LogP contribution in [0.5, 0.6) is 0 Å². The lowest BCUT2D eigenvalue weighted by molar-refractivity contribution is -0.129. The summed E-state index contributed by atoms with van der Waals surface area (Å²) in [7, 11) is 0. The second-order valence-electron chi connectivity index (χ2n) is 5.35. The molecule has 1 saturated heterocycles. The molecular formula is C18H15N3O2S3. The number of thiocarbonyl (C=S) groups is 1. The summed E-state index contributed by atoms with van der Waals surface area (Å²) in [4.78, 5) is 30.8. The van der Waals surface area contributed by atoms with E-state index < -0.39 is 6.04 Å². The molecule has 1 aromatic carbocycles. The Morgan fingerprint density at radius 2 is 2.12 bits per heavy atom. The van der Waals surface area contributed by atoms with Crippen LogP contribution in [0.4, 0.5) is 5.13 Å². The molecule has 1 aliphatic heterocycles. The van der Waals surface area contributed by atoms with Crippen molar-refractivity contribution < 1.29 is 9.59 Å². The van der Waals surface area contributed by atoms with Gasteiger partial charge in [0.05, 0.1) is 4.91 Å². The van der Waals surface area contributed by atoms with Crippen molar-refractivity contribution in [3.63, 3.8) is 0 Å². The third-order valence-electron chi connectivity index (χ3n) is 3.59. The molecule has 132 valence electrons. The van der Waals surface area contributed by atoms with Crippen molar-refractivity contribution in [2.45, 2.75) is 13.0 Å². The summed E-state index contributed by atoms with van der Waals surface area (Å²) in [6.45, 7) is 1.65. The quantitative estimate of drug-likeness (QED) is 0.608. The van der Waals surface area contributed by atoms with Gasteiger partial charge in [-0.05, 0) is 18.6 Å². The molecule has 1 N–H and O–H groups in total. The molecule has 1 fully saturated rings. The van der Waals surface area contributed by atoms with E-state index >= 15 is 0 Å². The van der Waals surface area contributed by atoms with E-state index in [1.165, 1.54) is 28.0 Å². The second kappa shape index (κ2) is 8.39. The SMILES string of the molecule is CC(C(=O)Nc1nccs1)N1C(=O)/C(=C/C=C/c2ccccc2)SC1=S. The third kappa shape index (κ3) is 4.27. The van der Waals surface area contributed by atoms with Gasteiger partial charge in [-0.1, -0.05) is 66.5 Å². The molecule has 2 aromatic rings. The third-order valence-corrected chi connectivity index (χ3v) is 5.63. The summed E-state index contributed by atoms with van der Waals surface area (Å²) < 4.78 is 0.371. The standard InChI is InChI=1S/C18H15N3O2S3/c1-12(15(22)20-17-19-10-11-25-17)21-16(23)14(26-18(21)24)9-5-8-13-6-3-2-4-7-13/h2-12H,1H3,(H,19,20,22)/b8-5+,14-9-. The molecule has 2 heterocycles. The van der Waals surface area contributed by atoms with Crippen molar-refractivity contribution in [3.05, 3.63) is 64.5 Å². The number of hydrogen-bond acceptors (Lipinski definition) is 6. The van der Waals surface area contributed by atoms with Crippen molar-refractivity contribution in [1.29, 1.82) is 0 Å². The van der Waals surface area contributed by atoms with Crippen LogP contribution in [0.3, 0.4) is 0 Å². The number of nitrogens with zero attached hydrogens (tertiary/aromatic N) is 2. The molecule has 8 heteroatoms. The van der Waals surface area contributed by atoms with Gasteiger partial charge in [0.25, 0.3) is 5.91 Å². The minimum absolute atomic E-state index is 0.264. The highest BCUT2D eigenvalue weighted by atomic mass is 32.2. The summed E-state index contributed by atoms with van der Waals surface area (Å²) in [6, 6.07) is 9.07. The van der Waals surface area contributed by atoms with E-state index in [9.17, 15) is 9.59 Å². The maximum atomic E-state index is 12.6. The molecule has 1 unspecified atom stereocenters. The van der Waals surface area contributed by atoms with Crippen LogP contribution in [-0.4, -0.2) is 32.1 Å². The van der Waals surface area contributed by atoms with Gasteiger partial charge in [-0.25, -0.2) is 4.98 Å². The molecule has 0 aliphatic carbocycles. The number of hydrogen-bond donors (Lipinski definition) is 1. The number of nitrogens with one attached hydrogen (secondary N) is 1. The van der Waals surface area contributed by atoms with E-state index in [0.717, 1.165) is 5.56 Å². The molecule has 1 aromatic heterocycles. The molecular weight excluding hydrogens is 386 g/mol. The Labute approximate surface area is 164 Å². The van der Waals surface area contributed by atoms with Crippen LogP contribution in [0.2, 0.25) is 0 Å². The number of amides is 2. The fourth-order valence-electron chi connectivity index (χ4n) is 2.25. The lowest BCUT2D eigenvalue weighted by Crippen LogP contribution is -2.44. The fourth-order valence-corrected chi connectivity index (χ4v) is 4.15. The van der Waals surface area contributed by atoms with E-state index in [-0.39, 0.29) is 11.8 Å². The average Bonchev–Trinajstić information content (AvgIpc) is 3.23. The largest absolute Gasteiger partial charge is 0.300 e. The van der Waals surface area contributed by atoms with Gasteiger partial charge in [-0.15, -0.1) is 11.3 Å². The van der Waals surface area contributed by atoms with Gasteiger partial charge in [0.1, 0.15) is 10.4 Å². The maximum Gasteiger partial charge on any atom is 0.266 e. The topological polar surface area (TPSA) is 62.3 Å². The number of aromatic nitrogens is 1. The smallest absolute Gasteiger partial charge is 0.266 e. The van der Waals surface area contributed by atoms with E-state index in [4.69, 9.17) is 12.2 Å². The Morgan fingerprint density at radius 3 is 2.81 bits per heavy atom. The molecule has 26 heavy (non-hydrogen) atoms. The molecule has 2 amide bonds. The minimum atomic E-state index is -0.713. The molecule has 1 aliphatic rings. The van der Waals surface area contributed by atoms with Gasteiger partial charge < -0.3 is 5.32 Å². The zero-order valence-corrected chi connectivity index (χ0v) is 16.2. The highest BCUT2D eigenvalue weighted by molar-refractivity contribution is 8.26. The van der Waals surface area contributed by atoms with Crippen LogP contribution >= 0.6 is 35.3 Å². The Morgan fingerprint density at radius 1 is 1.35 bits per heavy atom. The van der Waals surface area contributed by atoms with Crippen molar-refractivity contribution in [3.8, 4) is 0 Å². The lowest BCUT2D eigenvalue weighted by atomic mass is 10.2. The van der Waals surface area contributed by atoms with Crippen LogP contribution in [0.15, 0.2) is 59.0 Å². The Bertz CT molecular complexity index is 876. The van der Waals surface area contributed by atoms with Crippen LogP contribution in [-0.2, 0) is 9.59 Å². The van der Waals surface area contributed by atoms with Gasteiger partial charge in [0.15, 0.2) is 5.13 Å². The van der Waals surface area contributed by atoms with E-state index in [0.29, 0.717) is 14.4 Å². The van der Waals surface area contributed by atoms with E-state index in [1.807, 2.05) is 42.5 Å². The first-order valence-electron chi connectivity index (χ1n) is 7.75. The number of anilines is 1. The summed E-state index contributed by atoms with van der Waals surface area (Å²) in [5.41, 5.74) is 1.04. The number of allylic oxidation sites excluding steroid dienone is 2. The summed E-state index contributed by atoms with van der Waals surface area (Å²) >= 11 is 7.80. The first-order valence-corrected chi connectivity index (χ1v) is 9.86. The molecule has 0 radical (unpaired) electrons. The number of thiazole rings is 1. The van der Waals surface area contributed by atoms with Crippen molar-refractivity contribution >= 4 is 62.7 Å². The first kappa shape index (κ1) is 18.5. The number of benzene rings is 1. The van der Waals surface area contributed by atoms with Crippen LogP contribution in [0, 0.1) is 0 Å². The van der Waals surface area contributed by atoms with E-state index in [1.54, 1.807) is 24.6 Å². The molecule has 3 rings (SSSR count). The number of carbonyl (C=O) groups excluding carboxylic acids is 2. The maximum absolute atomic E-state index is 12.6. The first-order chi connectivity index (χ1) is 12.6. The van der Waals surface area contributed by atoms with Crippen LogP contribution in [0.1, 0.15) is 12.5 Å². The second-order valence-corrected chi connectivity index (χ2v) is 7.92. The fraction of sp³-hybridized carbons (Fsp3) is 0.111. The molecule has 0 saturated carbocycles. The van der Waals surface area contributed by atoms with Gasteiger partial charge in [-0.3, -0.25) is 14.5 Å². The summed E-state index contributed by atoms with van der Waals surface area (Å²) in [6.07, 6.45) is 7.04. The van der Waals surface area contributed by atoms with Gasteiger partial charge in [0, 0.05) is 11.6 Å². The highest BCUT2D eigenvalue weighted by Crippen LogP contribution is 2.32. The predicted molar refractivity (Wildman–Crippen MR) is 111 cm³/mol. The van der Waals surface area contributed by atoms with Gasteiger partial charge >= 0.3 is 0 Å². The summed E-state index contributed by atoms with van der Waals surface area (Å²) in [5, 5.41) is 4.95. The molecule has 1 atom stereocenters. The van der Waals surface area contributed by atoms with Crippen molar-refractivity contribution in [2.24, 2.45) is 0 Å². The molecule has 0 spiro atoms. The monoisotopic (exact) mass is 401 g/mol. The zero-order chi connectivity index (χ0) is 18.5. The highest BCUT2D eigenvalue weighted by Gasteiger charge is 2.38. The Hall–Kier alpha value is -2.29. The number of rotatable bonds is 5. The van der Waals surface area contributed by atoms with Gasteiger partial charge in [0.2, 0.25) is 5.91 Å². The van der Waals surface area contributed by atoms with E-state index in [2.05, 4.69) is 10.3 Å². The Balaban J connectivity index is 1.69. The summed E-state index contributed by atoms with van der Waals surface area (Å²) in [5.74, 6) is -0.586. The number of carbonyl (C=O) groups is 2. The van der Waals surface area contributed by atoms with Crippen LogP contribution < -0.4 is 5.32 Å². The number of thioether (sulfide) groups is 1. The molecule has 5 nitrogen and oxygen atoms in total. The van der Waals surface area contributed by atoms with Crippen molar-refractivity contribution in [2.75, 3.05) is 5.32 Å². The average molecular weight is 402 g/mol. The predicted octanol–water partition coefficient (Wildman–Crippen LogP) is 3.93. The minimum Gasteiger partial charge on any atom is -0.300 e. The van der Waals surface area contributed by atoms with Crippen LogP contribution in [0.25, 0.3) is 6.08 Å². The Kier molecular flexibility index (Phi) is 5.97. The van der Waals surface area contributed by atoms with Gasteiger partial charge in [-0.2, -0.15) is 0 Å². The zero-order valence-electron chi connectivity index (χ0n) is 13.8. The van der Waals surface area contributed by atoms with Crippen molar-refractivity contribution in [1.82, 2.24) is 9.88 Å². The molecule has 0 bridgehead atoms. The lowest BCUT2D eigenvalue weighted by Gasteiger charge is -2.21.